The standard InChI is InChI=1S/C16H12O3/c17-13-6-7-15-14(9-13)16(18)12(10-19-15)8-11-4-2-1-3-5-11/h1-9,17H,10H2/b12-8+. The lowest BCUT2D eigenvalue weighted by atomic mass is 9.98. The van der Waals surface area contributed by atoms with E-state index in [4.69, 9.17) is 4.74 Å². The molecule has 0 fully saturated rings. The van der Waals surface area contributed by atoms with Gasteiger partial charge in [-0.2, -0.15) is 0 Å². The zero-order chi connectivity index (χ0) is 13.2. The van der Waals surface area contributed by atoms with Gasteiger partial charge in [0, 0.05) is 5.57 Å². The lowest BCUT2D eigenvalue weighted by molar-refractivity contribution is 0.100. The van der Waals surface area contributed by atoms with E-state index in [1.807, 2.05) is 36.4 Å². The van der Waals surface area contributed by atoms with E-state index < -0.39 is 0 Å². The maximum Gasteiger partial charge on any atom is 0.196 e. The Kier molecular flexibility index (Phi) is 2.80. The minimum atomic E-state index is -0.0963. The van der Waals surface area contributed by atoms with Gasteiger partial charge in [0.1, 0.15) is 18.1 Å². The molecule has 1 N–H and O–H groups in total. The molecule has 3 heteroatoms. The van der Waals surface area contributed by atoms with E-state index >= 15 is 0 Å². The van der Waals surface area contributed by atoms with Crippen molar-refractivity contribution in [3.8, 4) is 11.5 Å². The second kappa shape index (κ2) is 4.61. The highest BCUT2D eigenvalue weighted by atomic mass is 16.5. The van der Waals surface area contributed by atoms with Crippen LogP contribution in [-0.4, -0.2) is 17.5 Å². The zero-order valence-electron chi connectivity index (χ0n) is 10.2. The van der Waals surface area contributed by atoms with Crippen LogP contribution in [0.25, 0.3) is 6.08 Å². The number of aromatic hydroxyl groups is 1. The second-order valence-electron chi connectivity index (χ2n) is 4.38. The van der Waals surface area contributed by atoms with E-state index in [2.05, 4.69) is 0 Å². The van der Waals surface area contributed by atoms with Gasteiger partial charge >= 0.3 is 0 Å². The number of benzene rings is 2. The summed E-state index contributed by atoms with van der Waals surface area (Å²) in [5.41, 5.74) is 1.95. The van der Waals surface area contributed by atoms with Crippen molar-refractivity contribution in [1.82, 2.24) is 0 Å². The van der Waals surface area contributed by atoms with Gasteiger partial charge in [-0.05, 0) is 29.8 Å². The summed E-state index contributed by atoms with van der Waals surface area (Å²) in [6.07, 6.45) is 1.81. The quantitative estimate of drug-likeness (QED) is 0.793. The molecule has 0 unspecified atom stereocenters. The predicted octanol–water partition coefficient (Wildman–Crippen LogP) is 3.05. The first kappa shape index (κ1) is 11.5. The maximum absolute atomic E-state index is 12.3. The van der Waals surface area contributed by atoms with Gasteiger partial charge in [0.05, 0.1) is 5.56 Å². The van der Waals surface area contributed by atoms with Crippen LogP contribution in [0.15, 0.2) is 54.1 Å². The third kappa shape index (κ3) is 2.22. The summed E-state index contributed by atoms with van der Waals surface area (Å²) in [5.74, 6) is 0.491. The molecule has 19 heavy (non-hydrogen) atoms. The monoisotopic (exact) mass is 252 g/mol. The Morgan fingerprint density at radius 3 is 2.68 bits per heavy atom. The normalized spacial score (nSPS) is 16.0. The SMILES string of the molecule is O=C1/C(=C/c2ccccc2)COc2ccc(O)cc21. The Balaban J connectivity index is 2.00. The molecule has 3 rings (SSSR count). The van der Waals surface area contributed by atoms with Crippen LogP contribution in [0, 0.1) is 0 Å². The lowest BCUT2D eigenvalue weighted by Gasteiger charge is -2.18. The third-order valence-electron chi connectivity index (χ3n) is 3.02. The van der Waals surface area contributed by atoms with Crippen molar-refractivity contribution in [2.45, 2.75) is 0 Å². The molecule has 2 aromatic rings. The van der Waals surface area contributed by atoms with Gasteiger partial charge < -0.3 is 9.84 Å². The summed E-state index contributed by atoms with van der Waals surface area (Å²) in [6.45, 7) is 0.255. The summed E-state index contributed by atoms with van der Waals surface area (Å²) < 4.78 is 5.53. The summed E-state index contributed by atoms with van der Waals surface area (Å²) in [7, 11) is 0. The highest BCUT2D eigenvalue weighted by Gasteiger charge is 2.23. The number of phenols is 1. The minimum Gasteiger partial charge on any atom is -0.508 e. The topological polar surface area (TPSA) is 46.5 Å². The van der Waals surface area contributed by atoms with Crippen LogP contribution in [0.4, 0.5) is 0 Å². The fourth-order valence-corrected chi connectivity index (χ4v) is 2.07. The molecule has 0 aromatic heterocycles. The van der Waals surface area contributed by atoms with Crippen LogP contribution in [0.1, 0.15) is 15.9 Å². The third-order valence-corrected chi connectivity index (χ3v) is 3.02. The van der Waals surface area contributed by atoms with Gasteiger partial charge in [-0.25, -0.2) is 0 Å². The van der Waals surface area contributed by atoms with Crippen molar-refractivity contribution in [3.63, 3.8) is 0 Å². The van der Waals surface area contributed by atoms with Crippen LogP contribution in [-0.2, 0) is 0 Å². The van der Waals surface area contributed by atoms with Gasteiger partial charge in [0.15, 0.2) is 5.78 Å². The van der Waals surface area contributed by atoms with Crippen LogP contribution in [0.2, 0.25) is 0 Å². The number of carbonyl (C=O) groups excluding carboxylic acids is 1. The van der Waals surface area contributed by atoms with Gasteiger partial charge in [0.2, 0.25) is 0 Å². The van der Waals surface area contributed by atoms with Gasteiger partial charge in [-0.3, -0.25) is 4.79 Å². The Morgan fingerprint density at radius 1 is 1.11 bits per heavy atom. The van der Waals surface area contributed by atoms with E-state index in [0.717, 1.165) is 5.56 Å². The molecule has 0 amide bonds. The summed E-state index contributed by atoms with van der Waals surface area (Å²) >= 11 is 0. The number of Topliss-reactive ketones (excluding diaryl/α,β-unsaturated/α-hetero) is 1. The molecule has 1 heterocycles. The highest BCUT2D eigenvalue weighted by Crippen LogP contribution is 2.30. The Hall–Kier alpha value is -2.55. The molecule has 1 aliphatic heterocycles. The van der Waals surface area contributed by atoms with Crippen molar-refractivity contribution in [3.05, 3.63) is 65.2 Å². The predicted molar refractivity (Wildman–Crippen MR) is 72.4 cm³/mol. The highest BCUT2D eigenvalue weighted by molar-refractivity contribution is 6.14. The van der Waals surface area contributed by atoms with E-state index in [1.54, 1.807) is 6.07 Å². The van der Waals surface area contributed by atoms with Crippen LogP contribution < -0.4 is 4.74 Å². The molecule has 0 aliphatic carbocycles. The van der Waals surface area contributed by atoms with Crippen molar-refractivity contribution >= 4 is 11.9 Å². The maximum atomic E-state index is 12.3. The fourth-order valence-electron chi connectivity index (χ4n) is 2.07. The van der Waals surface area contributed by atoms with Gasteiger partial charge in [0.25, 0.3) is 0 Å². The number of carbonyl (C=O) groups is 1. The van der Waals surface area contributed by atoms with Gasteiger partial charge in [-0.15, -0.1) is 0 Å². The molecule has 94 valence electrons. The summed E-state index contributed by atoms with van der Waals surface area (Å²) in [5, 5.41) is 9.45. The molecule has 2 aromatic carbocycles. The Morgan fingerprint density at radius 2 is 1.89 bits per heavy atom. The van der Waals surface area contributed by atoms with Crippen molar-refractivity contribution in [1.29, 1.82) is 0 Å². The number of fused-ring (bicyclic) bond motifs is 1. The number of rotatable bonds is 1. The summed E-state index contributed by atoms with van der Waals surface area (Å²) in [6, 6.07) is 14.2. The second-order valence-corrected chi connectivity index (χ2v) is 4.38. The largest absolute Gasteiger partial charge is 0.508 e. The molecule has 3 nitrogen and oxygen atoms in total. The Bertz CT molecular complexity index is 657. The lowest BCUT2D eigenvalue weighted by Crippen LogP contribution is -2.18. The van der Waals surface area contributed by atoms with Crippen LogP contribution >= 0.6 is 0 Å². The van der Waals surface area contributed by atoms with E-state index in [0.29, 0.717) is 16.9 Å². The molecule has 1 aliphatic rings. The van der Waals surface area contributed by atoms with E-state index in [9.17, 15) is 9.90 Å². The number of hydrogen-bond donors (Lipinski definition) is 1. The first-order valence-electron chi connectivity index (χ1n) is 6.00. The van der Waals surface area contributed by atoms with Gasteiger partial charge in [-0.1, -0.05) is 30.3 Å². The average Bonchev–Trinajstić information content (AvgIpc) is 2.44. The van der Waals surface area contributed by atoms with Crippen molar-refractivity contribution < 1.29 is 14.6 Å². The molecule has 0 atom stereocenters. The smallest absolute Gasteiger partial charge is 0.196 e. The van der Waals surface area contributed by atoms with Crippen molar-refractivity contribution in [2.24, 2.45) is 0 Å². The van der Waals surface area contributed by atoms with Crippen LogP contribution in [0.3, 0.4) is 0 Å². The van der Waals surface area contributed by atoms with Crippen LogP contribution in [0.5, 0.6) is 11.5 Å². The number of hydrogen-bond acceptors (Lipinski definition) is 3. The first-order chi connectivity index (χ1) is 9.24. The molecule has 0 spiro atoms. The Labute approximate surface area is 110 Å². The molecule has 0 saturated heterocycles. The zero-order valence-corrected chi connectivity index (χ0v) is 10.2. The van der Waals surface area contributed by atoms with E-state index in [-0.39, 0.29) is 18.1 Å². The minimum absolute atomic E-state index is 0.0664. The first-order valence-corrected chi connectivity index (χ1v) is 6.00. The van der Waals surface area contributed by atoms with Crippen molar-refractivity contribution in [2.75, 3.05) is 6.61 Å². The fraction of sp³-hybridized carbons (Fsp3) is 0.0625. The molecule has 0 radical (unpaired) electrons. The average molecular weight is 252 g/mol. The molecular weight excluding hydrogens is 240 g/mol. The summed E-state index contributed by atoms with van der Waals surface area (Å²) in [4.78, 5) is 12.3. The number of phenolic OH excluding ortho intramolecular Hbond substituents is 1. The van der Waals surface area contributed by atoms with E-state index in [1.165, 1.54) is 12.1 Å². The molecule has 0 bridgehead atoms. The number of ether oxygens (including phenoxy) is 1. The number of ketones is 1. The molecular formula is C16H12O3. The molecule has 0 saturated carbocycles.